The maximum Gasteiger partial charge on any atom is 0.128 e. The second-order valence-corrected chi connectivity index (χ2v) is 5.58. The summed E-state index contributed by atoms with van der Waals surface area (Å²) in [6.45, 7) is 2.48. The normalized spacial score (nSPS) is 9.62. The monoisotopic (exact) mass is 262 g/mol. The molecule has 0 aromatic carbocycles. The standard InChI is InChI=1S/C8H22N2.2CNS/c1-9(2,3)7-8-10(4,5)6;2*2-1-3/h7-8H2,1-6H3;;/q+2;2*-1. The van der Waals surface area contributed by atoms with E-state index in [1.165, 1.54) is 23.4 Å². The highest BCUT2D eigenvalue weighted by molar-refractivity contribution is 7.78. The fraction of sp³-hybridized carbons (Fsp3) is 0.800. The zero-order chi connectivity index (χ0) is 13.8. The largest absolute Gasteiger partial charge is 0.753 e. The Morgan fingerprint density at radius 2 is 0.875 bits per heavy atom. The third-order valence-corrected chi connectivity index (χ3v) is 1.44. The Hall–Kier alpha value is -0.480. The SMILES string of the molecule is C[N+](C)(C)CC[N+](C)(C)C.[N-]=C=S.[N-]=C=S. The second kappa shape index (κ2) is 11.0. The van der Waals surface area contributed by atoms with Crippen LogP contribution in [0.15, 0.2) is 0 Å². The van der Waals surface area contributed by atoms with E-state index in [4.69, 9.17) is 10.8 Å². The molecule has 0 spiro atoms. The Kier molecular flexibility index (Phi) is 14.4. The molecule has 6 heteroatoms. The molecule has 0 rings (SSSR count). The minimum absolute atomic E-state index is 1.06. The fourth-order valence-electron chi connectivity index (χ4n) is 0.600. The summed E-state index contributed by atoms with van der Waals surface area (Å²) >= 11 is 7.40. The number of likely N-dealkylation sites (N-methyl/N-ethyl adjacent to an activating group) is 2. The fourth-order valence-corrected chi connectivity index (χ4v) is 0.600. The highest BCUT2D eigenvalue weighted by Crippen LogP contribution is 1.94. The molecular formula is C10H22N4S2. The van der Waals surface area contributed by atoms with Gasteiger partial charge in [-0.3, -0.25) is 0 Å². The van der Waals surface area contributed by atoms with Crippen LogP contribution in [0.25, 0.3) is 10.8 Å². The van der Waals surface area contributed by atoms with Crippen LogP contribution in [0, 0.1) is 0 Å². The summed E-state index contributed by atoms with van der Waals surface area (Å²) in [5.74, 6) is 0. The highest BCUT2D eigenvalue weighted by atomic mass is 32.1. The molecule has 16 heavy (non-hydrogen) atoms. The first-order valence-electron chi connectivity index (χ1n) is 4.67. The molecule has 0 saturated heterocycles. The van der Waals surface area contributed by atoms with Gasteiger partial charge in [-0.2, -0.15) is 10.3 Å². The number of thiocarbonyl (C=S) groups is 2. The first-order valence-corrected chi connectivity index (χ1v) is 5.49. The van der Waals surface area contributed by atoms with E-state index >= 15 is 0 Å². The summed E-state index contributed by atoms with van der Waals surface area (Å²) in [4.78, 5) is 0. The van der Waals surface area contributed by atoms with Crippen LogP contribution in [0.2, 0.25) is 0 Å². The molecule has 0 aromatic rings. The smallest absolute Gasteiger partial charge is 0.128 e. The van der Waals surface area contributed by atoms with Crippen molar-refractivity contribution in [3.8, 4) is 0 Å². The molecule has 4 nitrogen and oxygen atoms in total. The van der Waals surface area contributed by atoms with E-state index in [2.05, 4.69) is 66.7 Å². The van der Waals surface area contributed by atoms with Crippen LogP contribution in [-0.2, 0) is 0 Å². The third kappa shape index (κ3) is 49.9. The van der Waals surface area contributed by atoms with Gasteiger partial charge in [0.15, 0.2) is 0 Å². The van der Waals surface area contributed by atoms with Gasteiger partial charge in [-0.15, -0.1) is 0 Å². The minimum Gasteiger partial charge on any atom is -0.753 e. The summed E-state index contributed by atoms with van der Waals surface area (Å²) in [5.41, 5.74) is 0. The van der Waals surface area contributed by atoms with Crippen molar-refractivity contribution >= 4 is 34.8 Å². The molecule has 0 N–H and O–H groups in total. The van der Waals surface area contributed by atoms with Gasteiger partial charge in [0.1, 0.15) is 13.1 Å². The van der Waals surface area contributed by atoms with Gasteiger partial charge in [0.25, 0.3) is 0 Å². The predicted octanol–water partition coefficient (Wildman–Crippen LogP) is 1.72. The summed E-state index contributed by atoms with van der Waals surface area (Å²) < 4.78 is 2.13. The van der Waals surface area contributed by atoms with Gasteiger partial charge in [0, 0.05) is 0 Å². The summed E-state index contributed by atoms with van der Waals surface area (Å²) in [7, 11) is 13.4. The summed E-state index contributed by atoms with van der Waals surface area (Å²) in [5, 5.41) is 16.9. The lowest BCUT2D eigenvalue weighted by molar-refractivity contribution is -0.927. The lowest BCUT2D eigenvalue weighted by Crippen LogP contribution is -2.46. The first-order chi connectivity index (χ1) is 7.04. The van der Waals surface area contributed by atoms with Crippen LogP contribution in [0.1, 0.15) is 0 Å². The Morgan fingerprint density at radius 3 is 0.938 bits per heavy atom. The number of nitrogens with zero attached hydrogens (tertiary/aromatic N) is 4. The molecule has 0 heterocycles. The molecular weight excluding hydrogens is 240 g/mol. The topological polar surface area (TPSA) is 44.6 Å². The number of rotatable bonds is 3. The number of hydrogen-bond acceptors (Lipinski definition) is 2. The minimum atomic E-state index is 1.06. The van der Waals surface area contributed by atoms with Crippen molar-refractivity contribution in [3.63, 3.8) is 0 Å². The van der Waals surface area contributed by atoms with Crippen molar-refractivity contribution in [1.82, 2.24) is 0 Å². The maximum absolute atomic E-state index is 7.13. The van der Waals surface area contributed by atoms with Crippen molar-refractivity contribution in [2.75, 3.05) is 55.4 Å². The Morgan fingerprint density at radius 1 is 0.750 bits per heavy atom. The molecule has 0 aliphatic heterocycles. The third-order valence-electron chi connectivity index (χ3n) is 1.44. The summed E-state index contributed by atoms with van der Waals surface area (Å²) in [6.07, 6.45) is 0. The molecule has 0 atom stereocenters. The van der Waals surface area contributed by atoms with Crippen LogP contribution >= 0.6 is 24.4 Å². The summed E-state index contributed by atoms with van der Waals surface area (Å²) in [6, 6.07) is 0. The van der Waals surface area contributed by atoms with Crippen LogP contribution in [0.5, 0.6) is 0 Å². The predicted molar refractivity (Wildman–Crippen MR) is 77.7 cm³/mol. The van der Waals surface area contributed by atoms with E-state index < -0.39 is 0 Å². The van der Waals surface area contributed by atoms with Crippen LogP contribution in [-0.4, -0.2) is 74.7 Å². The molecule has 0 aliphatic carbocycles. The van der Waals surface area contributed by atoms with Gasteiger partial charge in [0.2, 0.25) is 0 Å². The zero-order valence-electron chi connectivity index (χ0n) is 11.0. The lowest BCUT2D eigenvalue weighted by Gasteiger charge is -2.30. The van der Waals surface area contributed by atoms with Crippen molar-refractivity contribution in [2.45, 2.75) is 0 Å². The van der Waals surface area contributed by atoms with Gasteiger partial charge in [-0.1, -0.05) is 24.4 Å². The Bertz CT molecular complexity index is 200. The molecule has 0 unspecified atom stereocenters. The maximum atomic E-state index is 7.13. The van der Waals surface area contributed by atoms with E-state index in [0.29, 0.717) is 0 Å². The molecule has 0 radical (unpaired) electrons. The quantitative estimate of drug-likeness (QED) is 0.441. The number of hydrogen-bond donors (Lipinski definition) is 0. The van der Waals surface area contributed by atoms with Crippen molar-refractivity contribution in [3.05, 3.63) is 10.8 Å². The van der Waals surface area contributed by atoms with Crippen LogP contribution in [0.3, 0.4) is 0 Å². The molecule has 0 fully saturated rings. The van der Waals surface area contributed by atoms with Gasteiger partial charge in [-0.05, 0) is 0 Å². The number of quaternary nitrogens is 2. The van der Waals surface area contributed by atoms with E-state index in [1.807, 2.05) is 0 Å². The first kappa shape index (κ1) is 20.9. The van der Waals surface area contributed by atoms with Crippen molar-refractivity contribution in [1.29, 1.82) is 0 Å². The van der Waals surface area contributed by atoms with Gasteiger partial charge in [0.05, 0.1) is 42.3 Å². The highest BCUT2D eigenvalue weighted by Gasteiger charge is 2.13. The molecule has 94 valence electrons. The molecule has 0 saturated carbocycles. The van der Waals surface area contributed by atoms with Gasteiger partial charge >= 0.3 is 0 Å². The van der Waals surface area contributed by atoms with E-state index in [0.717, 1.165) is 8.97 Å². The molecule has 0 amide bonds. The lowest BCUT2D eigenvalue weighted by atomic mass is 10.4. The Labute approximate surface area is 110 Å². The zero-order valence-corrected chi connectivity index (χ0v) is 12.7. The van der Waals surface area contributed by atoms with E-state index in [1.54, 1.807) is 0 Å². The average molecular weight is 262 g/mol. The molecule has 0 aliphatic rings. The molecule has 0 aromatic heterocycles. The second-order valence-electron chi connectivity index (χ2n) is 5.21. The van der Waals surface area contributed by atoms with E-state index in [-0.39, 0.29) is 0 Å². The van der Waals surface area contributed by atoms with Crippen molar-refractivity contribution in [2.24, 2.45) is 0 Å². The number of isothiocyanates is 2. The Balaban J connectivity index is -0.000000235. The average Bonchev–Trinajstić information content (AvgIpc) is 2.01. The molecule has 0 bridgehead atoms. The van der Waals surface area contributed by atoms with Crippen LogP contribution < -0.4 is 0 Å². The van der Waals surface area contributed by atoms with Gasteiger partial charge < -0.3 is 19.8 Å². The van der Waals surface area contributed by atoms with Gasteiger partial charge in [-0.25, -0.2) is 0 Å². The van der Waals surface area contributed by atoms with Crippen molar-refractivity contribution < 1.29 is 8.97 Å². The van der Waals surface area contributed by atoms with E-state index in [9.17, 15) is 0 Å². The van der Waals surface area contributed by atoms with Crippen LogP contribution in [0.4, 0.5) is 0 Å².